The van der Waals surface area contributed by atoms with E-state index in [1.54, 1.807) is 25.6 Å². The topological polar surface area (TPSA) is 100 Å². The van der Waals surface area contributed by atoms with Crippen LogP contribution in [0.5, 0.6) is 0 Å². The van der Waals surface area contributed by atoms with Crippen molar-refractivity contribution in [1.82, 2.24) is 9.88 Å². The highest BCUT2D eigenvalue weighted by Crippen LogP contribution is 2.18. The first-order valence-electron chi connectivity index (χ1n) is 6.72. The van der Waals surface area contributed by atoms with Crippen LogP contribution in [0.3, 0.4) is 0 Å². The van der Waals surface area contributed by atoms with Gasteiger partial charge in [0.25, 0.3) is 0 Å². The van der Waals surface area contributed by atoms with Crippen molar-refractivity contribution in [1.29, 1.82) is 5.41 Å². The van der Waals surface area contributed by atoms with Crippen molar-refractivity contribution in [2.75, 3.05) is 12.3 Å². The van der Waals surface area contributed by atoms with E-state index in [1.807, 2.05) is 5.38 Å². The van der Waals surface area contributed by atoms with E-state index < -0.39 is 0 Å². The molecule has 3 N–H and O–H groups in total. The summed E-state index contributed by atoms with van der Waals surface area (Å²) in [6.45, 7) is 3.95. The number of thioether (sulfide) groups is 1. The maximum absolute atomic E-state index is 11.9. The number of hydrogen-bond donors (Lipinski definition) is 2. The molecule has 2 amide bonds. The molecule has 6 nitrogen and oxygen atoms in total. The molecule has 0 bridgehead atoms. The van der Waals surface area contributed by atoms with Gasteiger partial charge in [-0.05, 0) is 0 Å². The summed E-state index contributed by atoms with van der Waals surface area (Å²) in [5, 5.41) is 10.3. The normalized spacial score (nSPS) is 10.4. The Bertz CT molecular complexity index is 500. The van der Waals surface area contributed by atoms with E-state index in [0.717, 1.165) is 16.3 Å². The summed E-state index contributed by atoms with van der Waals surface area (Å²) < 4.78 is 0. The van der Waals surface area contributed by atoms with E-state index in [4.69, 9.17) is 11.1 Å². The number of aromatic nitrogens is 1. The predicted octanol–water partition coefficient (Wildman–Crippen LogP) is 1.84. The summed E-state index contributed by atoms with van der Waals surface area (Å²) in [6, 6.07) is 0. The fourth-order valence-electron chi connectivity index (χ4n) is 1.54. The van der Waals surface area contributed by atoms with E-state index in [0.29, 0.717) is 17.3 Å². The number of nitrogens with one attached hydrogen (secondary N) is 1. The van der Waals surface area contributed by atoms with Crippen LogP contribution >= 0.6 is 23.1 Å². The number of carbonyl (C=O) groups excluding carboxylic acids is 2. The molecule has 21 heavy (non-hydrogen) atoms. The lowest BCUT2D eigenvalue weighted by Gasteiger charge is -2.18. The molecule has 0 saturated heterocycles. The van der Waals surface area contributed by atoms with Gasteiger partial charge in [-0.3, -0.25) is 15.0 Å². The van der Waals surface area contributed by atoms with Crippen LogP contribution in [-0.2, 0) is 15.3 Å². The second-order valence-corrected chi connectivity index (χ2v) is 6.13. The van der Waals surface area contributed by atoms with Gasteiger partial charge in [0, 0.05) is 36.3 Å². The molecule has 1 aromatic heterocycles. The van der Waals surface area contributed by atoms with Crippen molar-refractivity contribution in [3.05, 3.63) is 16.1 Å². The van der Waals surface area contributed by atoms with Crippen molar-refractivity contribution in [3.63, 3.8) is 0 Å². The Kier molecular flexibility index (Phi) is 7.55. The Balaban J connectivity index is 2.84. The third-order valence-electron chi connectivity index (χ3n) is 2.59. The molecule has 116 valence electrons. The van der Waals surface area contributed by atoms with Crippen LogP contribution in [0.1, 0.15) is 37.4 Å². The lowest BCUT2D eigenvalue weighted by atomic mass is 10.3. The quantitative estimate of drug-likeness (QED) is 0.452. The third kappa shape index (κ3) is 4.90. The lowest BCUT2D eigenvalue weighted by Crippen LogP contribution is -2.41. The first-order chi connectivity index (χ1) is 10.0. The molecule has 0 unspecified atom stereocenters. The number of amidine groups is 1. The van der Waals surface area contributed by atoms with Crippen LogP contribution in [0, 0.1) is 5.41 Å². The Labute approximate surface area is 132 Å². The van der Waals surface area contributed by atoms with Crippen LogP contribution in [-0.4, -0.2) is 39.8 Å². The molecule has 0 radical (unpaired) electrons. The Morgan fingerprint density at radius 1 is 1.38 bits per heavy atom. The lowest BCUT2D eigenvalue weighted by molar-refractivity contribution is -0.139. The molecule has 0 atom stereocenters. The third-order valence-corrected chi connectivity index (χ3v) is 4.52. The SMILES string of the molecule is CCC(=O)N(C(=N)c1nc(CSCCN)cs1)C(=O)CC. The van der Waals surface area contributed by atoms with E-state index in [-0.39, 0.29) is 30.5 Å². The molecule has 0 aliphatic rings. The van der Waals surface area contributed by atoms with Crippen LogP contribution in [0.15, 0.2) is 5.38 Å². The highest BCUT2D eigenvalue weighted by Gasteiger charge is 2.26. The number of nitrogens with zero attached hydrogens (tertiary/aromatic N) is 2. The summed E-state index contributed by atoms with van der Waals surface area (Å²) in [6.07, 6.45) is 0.359. The van der Waals surface area contributed by atoms with Crippen LogP contribution in [0.25, 0.3) is 0 Å². The first-order valence-corrected chi connectivity index (χ1v) is 8.75. The van der Waals surface area contributed by atoms with Gasteiger partial charge in [-0.25, -0.2) is 9.88 Å². The molecule has 0 spiro atoms. The standard InChI is InChI=1S/C13H20N4O2S2/c1-3-10(18)17(11(19)4-2)12(15)13-16-9(8-21-13)7-20-6-5-14/h8,15H,3-7,14H2,1-2H3. The van der Waals surface area contributed by atoms with Crippen LogP contribution < -0.4 is 5.73 Å². The summed E-state index contributed by atoms with van der Waals surface area (Å²) >= 11 is 2.94. The second-order valence-electron chi connectivity index (χ2n) is 4.16. The minimum atomic E-state index is -0.374. The smallest absolute Gasteiger partial charge is 0.234 e. The van der Waals surface area contributed by atoms with Crippen LogP contribution in [0.2, 0.25) is 0 Å². The molecular formula is C13H20N4O2S2. The van der Waals surface area contributed by atoms with E-state index >= 15 is 0 Å². The molecule has 0 saturated carbocycles. The highest BCUT2D eigenvalue weighted by atomic mass is 32.2. The number of amides is 2. The van der Waals surface area contributed by atoms with Gasteiger partial charge in [0.1, 0.15) is 0 Å². The fourth-order valence-corrected chi connectivity index (χ4v) is 3.07. The molecular weight excluding hydrogens is 308 g/mol. The molecule has 0 aliphatic carbocycles. The zero-order chi connectivity index (χ0) is 15.8. The molecule has 0 aromatic carbocycles. The summed E-state index contributed by atoms with van der Waals surface area (Å²) in [5.74, 6) is 0.680. The monoisotopic (exact) mass is 328 g/mol. The maximum Gasteiger partial charge on any atom is 0.234 e. The van der Waals surface area contributed by atoms with Crippen molar-refractivity contribution < 1.29 is 9.59 Å². The van der Waals surface area contributed by atoms with Gasteiger partial charge >= 0.3 is 0 Å². The highest BCUT2D eigenvalue weighted by molar-refractivity contribution is 7.98. The van der Waals surface area contributed by atoms with Gasteiger partial charge in [-0.15, -0.1) is 11.3 Å². The van der Waals surface area contributed by atoms with E-state index in [2.05, 4.69) is 4.98 Å². The maximum atomic E-state index is 11.9. The number of carbonyl (C=O) groups is 2. The van der Waals surface area contributed by atoms with Crippen molar-refractivity contribution in [2.24, 2.45) is 5.73 Å². The summed E-state index contributed by atoms with van der Waals surface area (Å²) in [7, 11) is 0. The van der Waals surface area contributed by atoms with Crippen molar-refractivity contribution in [2.45, 2.75) is 32.4 Å². The number of thiazole rings is 1. The van der Waals surface area contributed by atoms with Crippen LogP contribution in [0.4, 0.5) is 0 Å². The summed E-state index contributed by atoms with van der Waals surface area (Å²) in [4.78, 5) is 29.0. The van der Waals surface area contributed by atoms with Gasteiger partial charge in [-0.1, -0.05) is 13.8 Å². The zero-order valence-electron chi connectivity index (χ0n) is 12.2. The molecule has 8 heteroatoms. The molecule has 1 aromatic rings. The number of nitrogens with two attached hydrogens (primary N) is 1. The minimum Gasteiger partial charge on any atom is -0.330 e. The van der Waals surface area contributed by atoms with Gasteiger partial charge in [0.2, 0.25) is 11.8 Å². The number of rotatable bonds is 7. The summed E-state index contributed by atoms with van der Waals surface area (Å²) in [5.41, 5.74) is 6.27. The molecule has 0 fully saturated rings. The molecule has 1 rings (SSSR count). The number of hydrogen-bond acceptors (Lipinski definition) is 7. The molecule has 0 aliphatic heterocycles. The Morgan fingerprint density at radius 2 is 2.00 bits per heavy atom. The van der Waals surface area contributed by atoms with Gasteiger partial charge in [0.05, 0.1) is 5.69 Å². The number of imide groups is 1. The minimum absolute atomic E-state index is 0.131. The van der Waals surface area contributed by atoms with Gasteiger partial charge in [0.15, 0.2) is 10.8 Å². The first kappa shape index (κ1) is 17.8. The average molecular weight is 328 g/mol. The second kappa shape index (κ2) is 8.91. The van der Waals surface area contributed by atoms with E-state index in [9.17, 15) is 9.59 Å². The Hall–Kier alpha value is -1.25. The predicted molar refractivity (Wildman–Crippen MR) is 86.6 cm³/mol. The Morgan fingerprint density at radius 3 is 2.52 bits per heavy atom. The average Bonchev–Trinajstić information content (AvgIpc) is 2.96. The zero-order valence-corrected chi connectivity index (χ0v) is 13.9. The van der Waals surface area contributed by atoms with E-state index in [1.165, 1.54) is 11.3 Å². The van der Waals surface area contributed by atoms with Gasteiger partial charge in [-0.2, -0.15) is 11.8 Å². The largest absolute Gasteiger partial charge is 0.330 e. The molecule has 1 heterocycles. The van der Waals surface area contributed by atoms with Crippen molar-refractivity contribution in [3.8, 4) is 0 Å². The van der Waals surface area contributed by atoms with Crippen molar-refractivity contribution >= 4 is 40.7 Å². The van der Waals surface area contributed by atoms with Gasteiger partial charge < -0.3 is 5.73 Å². The fraction of sp³-hybridized carbons (Fsp3) is 0.538.